The quantitative estimate of drug-likeness (QED) is 0.482. The number of aromatic nitrogens is 2. The van der Waals surface area contributed by atoms with Gasteiger partial charge in [-0.2, -0.15) is 0 Å². The van der Waals surface area contributed by atoms with Crippen molar-refractivity contribution in [3.63, 3.8) is 0 Å². The highest BCUT2D eigenvalue weighted by Gasteiger charge is 2.13. The monoisotopic (exact) mass is 280 g/mol. The average Bonchev–Trinajstić information content (AvgIpc) is 2.60. The molecule has 0 fully saturated rings. The first-order chi connectivity index (χ1) is 10.9. The van der Waals surface area contributed by atoms with Gasteiger partial charge in [0.1, 0.15) is 6.33 Å². The Morgan fingerprint density at radius 2 is 1.55 bits per heavy atom. The van der Waals surface area contributed by atoms with E-state index in [-0.39, 0.29) is 0 Å². The maximum Gasteiger partial charge on any atom is 0.116 e. The van der Waals surface area contributed by atoms with Crippen molar-refractivity contribution in [2.75, 3.05) is 0 Å². The second kappa shape index (κ2) is 4.98. The maximum atomic E-state index is 5.73. The van der Waals surface area contributed by atoms with Gasteiger partial charge in [0.05, 0.1) is 11.2 Å². The van der Waals surface area contributed by atoms with Gasteiger partial charge in [0.25, 0.3) is 0 Å². The minimum atomic E-state index is 0.850. The normalized spacial score (nSPS) is 10.7. The highest BCUT2D eigenvalue weighted by atomic mass is 14.8. The van der Waals surface area contributed by atoms with Crippen molar-refractivity contribution < 1.29 is 0 Å². The molecule has 0 bridgehead atoms. The van der Waals surface area contributed by atoms with Gasteiger partial charge in [0, 0.05) is 16.5 Å². The Bertz CT molecular complexity index is 1040. The third-order valence-electron chi connectivity index (χ3n) is 3.86. The number of hydrogen-bond donors (Lipinski definition) is 0. The molecule has 0 N–H and O–H groups in total. The average molecular weight is 280 g/mol. The van der Waals surface area contributed by atoms with Gasteiger partial charge in [-0.05, 0) is 22.9 Å². The molecule has 0 radical (unpaired) electrons. The number of benzene rings is 3. The van der Waals surface area contributed by atoms with Crippen molar-refractivity contribution in [2.45, 2.75) is 0 Å². The van der Waals surface area contributed by atoms with E-state index in [0.29, 0.717) is 0 Å². The van der Waals surface area contributed by atoms with Crippen LogP contribution in [0.4, 0.5) is 0 Å². The van der Waals surface area contributed by atoms with Crippen molar-refractivity contribution >= 4 is 21.7 Å². The van der Waals surface area contributed by atoms with Crippen molar-refractivity contribution in [3.05, 3.63) is 72.6 Å². The zero-order chi connectivity index (χ0) is 14.9. The van der Waals surface area contributed by atoms with Crippen LogP contribution in [0.15, 0.2) is 67.0 Å². The van der Waals surface area contributed by atoms with Gasteiger partial charge < -0.3 is 0 Å². The van der Waals surface area contributed by atoms with E-state index in [9.17, 15) is 0 Å². The lowest BCUT2D eigenvalue weighted by Gasteiger charge is -2.11. The zero-order valence-corrected chi connectivity index (χ0v) is 11.8. The largest absolute Gasteiger partial charge is 0.236 e. The summed E-state index contributed by atoms with van der Waals surface area (Å²) >= 11 is 0. The molecule has 0 aliphatic carbocycles. The lowest BCUT2D eigenvalue weighted by atomic mass is 9.95. The highest BCUT2D eigenvalue weighted by Crippen LogP contribution is 2.34. The lowest BCUT2D eigenvalue weighted by Crippen LogP contribution is -1.93. The molecular formula is C20H12N2. The van der Waals surface area contributed by atoms with Crippen LogP contribution in [0, 0.1) is 12.3 Å². The molecule has 0 spiro atoms. The predicted molar refractivity (Wildman–Crippen MR) is 90.4 cm³/mol. The Balaban J connectivity index is 2.19. The van der Waals surface area contributed by atoms with E-state index in [0.717, 1.165) is 38.5 Å². The van der Waals surface area contributed by atoms with E-state index in [4.69, 9.17) is 6.42 Å². The van der Waals surface area contributed by atoms with Gasteiger partial charge in [-0.1, -0.05) is 54.5 Å². The summed E-state index contributed by atoms with van der Waals surface area (Å²) in [5.41, 5.74) is 3.65. The van der Waals surface area contributed by atoms with Crippen LogP contribution in [0.5, 0.6) is 0 Å². The molecule has 2 nitrogen and oxygen atoms in total. The SMILES string of the molecule is C#Cc1ccc2ccccc2c1-c1ncnc2ccccc12. The number of terminal acetylenes is 1. The van der Waals surface area contributed by atoms with Gasteiger partial charge in [-0.15, -0.1) is 6.42 Å². The summed E-state index contributed by atoms with van der Waals surface area (Å²) in [5, 5.41) is 3.28. The third-order valence-corrected chi connectivity index (χ3v) is 3.86. The molecule has 0 atom stereocenters. The second-order valence-corrected chi connectivity index (χ2v) is 5.09. The summed E-state index contributed by atoms with van der Waals surface area (Å²) in [7, 11) is 0. The molecule has 0 unspecified atom stereocenters. The molecule has 4 aromatic rings. The number of rotatable bonds is 1. The maximum absolute atomic E-state index is 5.73. The van der Waals surface area contributed by atoms with Crippen LogP contribution in [0.1, 0.15) is 5.56 Å². The van der Waals surface area contributed by atoms with Crippen LogP contribution < -0.4 is 0 Å². The summed E-state index contributed by atoms with van der Waals surface area (Å²) in [6.45, 7) is 0. The van der Waals surface area contributed by atoms with E-state index in [2.05, 4.69) is 34.1 Å². The van der Waals surface area contributed by atoms with Gasteiger partial charge in [0.15, 0.2) is 0 Å². The van der Waals surface area contributed by atoms with E-state index >= 15 is 0 Å². The fourth-order valence-corrected chi connectivity index (χ4v) is 2.85. The minimum Gasteiger partial charge on any atom is -0.236 e. The molecule has 2 heteroatoms. The number of fused-ring (bicyclic) bond motifs is 2. The Morgan fingerprint density at radius 3 is 2.41 bits per heavy atom. The third kappa shape index (κ3) is 1.84. The minimum absolute atomic E-state index is 0.850. The van der Waals surface area contributed by atoms with Crippen LogP contribution in [0.25, 0.3) is 32.9 Å². The standard InChI is InChI=1S/C20H12N2/c1-2-14-11-12-15-7-3-4-8-16(15)19(14)20-17-9-5-6-10-18(17)21-13-22-20/h1,3-13H. The molecule has 1 heterocycles. The van der Waals surface area contributed by atoms with Crippen molar-refractivity contribution in [3.8, 4) is 23.6 Å². The van der Waals surface area contributed by atoms with Crippen molar-refractivity contribution in [1.82, 2.24) is 9.97 Å². The van der Waals surface area contributed by atoms with Crippen LogP contribution >= 0.6 is 0 Å². The van der Waals surface area contributed by atoms with Crippen LogP contribution in [-0.2, 0) is 0 Å². The number of para-hydroxylation sites is 1. The Kier molecular flexibility index (Phi) is 2.84. The summed E-state index contributed by atoms with van der Waals surface area (Å²) < 4.78 is 0. The molecule has 3 aromatic carbocycles. The predicted octanol–water partition coefficient (Wildman–Crippen LogP) is 4.43. The van der Waals surface area contributed by atoms with Crippen molar-refractivity contribution in [1.29, 1.82) is 0 Å². The molecule has 0 aliphatic rings. The van der Waals surface area contributed by atoms with Crippen LogP contribution in [-0.4, -0.2) is 9.97 Å². The molecule has 0 aliphatic heterocycles. The van der Waals surface area contributed by atoms with E-state index in [1.54, 1.807) is 6.33 Å². The van der Waals surface area contributed by atoms with E-state index < -0.39 is 0 Å². The van der Waals surface area contributed by atoms with Gasteiger partial charge >= 0.3 is 0 Å². The first kappa shape index (κ1) is 12.6. The molecule has 0 amide bonds. The molecule has 102 valence electrons. The lowest BCUT2D eigenvalue weighted by molar-refractivity contribution is 1.23. The number of nitrogens with zero attached hydrogens (tertiary/aromatic N) is 2. The molecule has 4 rings (SSSR count). The highest BCUT2D eigenvalue weighted by molar-refractivity contribution is 6.05. The first-order valence-corrected chi connectivity index (χ1v) is 7.07. The summed E-state index contributed by atoms with van der Waals surface area (Å²) in [6.07, 6.45) is 7.33. The molecular weight excluding hydrogens is 268 g/mol. The van der Waals surface area contributed by atoms with Gasteiger partial charge in [-0.25, -0.2) is 9.97 Å². The number of hydrogen-bond acceptors (Lipinski definition) is 2. The topological polar surface area (TPSA) is 25.8 Å². The second-order valence-electron chi connectivity index (χ2n) is 5.09. The summed E-state index contributed by atoms with van der Waals surface area (Å²) in [5.74, 6) is 2.79. The Labute approximate surface area is 128 Å². The smallest absolute Gasteiger partial charge is 0.116 e. The molecule has 22 heavy (non-hydrogen) atoms. The first-order valence-electron chi connectivity index (χ1n) is 7.07. The van der Waals surface area contributed by atoms with Crippen LogP contribution in [0.2, 0.25) is 0 Å². The Hall–Kier alpha value is -3.18. The van der Waals surface area contributed by atoms with Crippen molar-refractivity contribution in [2.24, 2.45) is 0 Å². The molecule has 0 saturated carbocycles. The van der Waals surface area contributed by atoms with E-state index in [1.165, 1.54) is 0 Å². The Morgan fingerprint density at radius 1 is 0.773 bits per heavy atom. The fourth-order valence-electron chi connectivity index (χ4n) is 2.85. The molecule has 0 saturated heterocycles. The van der Waals surface area contributed by atoms with E-state index in [1.807, 2.05) is 42.5 Å². The van der Waals surface area contributed by atoms with Gasteiger partial charge in [-0.3, -0.25) is 0 Å². The summed E-state index contributed by atoms with van der Waals surface area (Å²) in [6, 6.07) is 20.3. The zero-order valence-electron chi connectivity index (χ0n) is 11.8. The molecule has 1 aromatic heterocycles. The fraction of sp³-hybridized carbons (Fsp3) is 0. The van der Waals surface area contributed by atoms with Gasteiger partial charge in [0.2, 0.25) is 0 Å². The van der Waals surface area contributed by atoms with Crippen LogP contribution in [0.3, 0.4) is 0 Å². The summed E-state index contributed by atoms with van der Waals surface area (Å²) in [4.78, 5) is 8.87.